The molecule has 4 heteroatoms. The zero-order valence-electron chi connectivity index (χ0n) is 16.7. The SMILES string of the molecule is CCCC[C@H](O)C=C[C@@H]1[C@H]2CC(CCCCC(=O)N(C)C)=C[C@H]2C[C@H]1O. The Labute approximate surface area is 159 Å². The van der Waals surface area contributed by atoms with Crippen LogP contribution in [-0.4, -0.2) is 47.3 Å². The van der Waals surface area contributed by atoms with Crippen LogP contribution in [0.2, 0.25) is 0 Å². The van der Waals surface area contributed by atoms with E-state index in [2.05, 4.69) is 19.1 Å². The van der Waals surface area contributed by atoms with Crippen LogP contribution in [0.3, 0.4) is 0 Å². The molecule has 2 N–H and O–H groups in total. The lowest BCUT2D eigenvalue weighted by Gasteiger charge is -2.19. The maximum atomic E-state index is 11.6. The number of amides is 1. The lowest BCUT2D eigenvalue weighted by molar-refractivity contribution is -0.128. The van der Waals surface area contributed by atoms with Crippen LogP contribution in [0.1, 0.15) is 64.7 Å². The zero-order valence-corrected chi connectivity index (χ0v) is 16.7. The minimum atomic E-state index is -0.385. The fraction of sp³-hybridized carbons (Fsp3) is 0.773. The predicted octanol–water partition coefficient (Wildman–Crippen LogP) is 3.69. The number of nitrogens with zero attached hydrogens (tertiary/aromatic N) is 1. The molecule has 0 saturated heterocycles. The molecule has 0 aromatic carbocycles. The van der Waals surface area contributed by atoms with E-state index in [0.717, 1.165) is 51.4 Å². The summed E-state index contributed by atoms with van der Waals surface area (Å²) in [6.07, 6.45) is 14.2. The Morgan fingerprint density at radius 3 is 2.81 bits per heavy atom. The smallest absolute Gasteiger partial charge is 0.222 e. The largest absolute Gasteiger partial charge is 0.392 e. The average Bonchev–Trinajstić information content (AvgIpc) is 3.11. The molecule has 26 heavy (non-hydrogen) atoms. The van der Waals surface area contributed by atoms with E-state index in [1.54, 1.807) is 19.0 Å². The molecule has 0 aromatic heterocycles. The molecule has 0 radical (unpaired) electrons. The number of rotatable bonds is 10. The Kier molecular flexibility index (Phi) is 8.36. The van der Waals surface area contributed by atoms with Gasteiger partial charge < -0.3 is 15.1 Å². The number of carbonyl (C=O) groups is 1. The second-order valence-corrected chi connectivity index (χ2v) is 8.33. The van der Waals surface area contributed by atoms with Crippen molar-refractivity contribution in [2.75, 3.05) is 14.1 Å². The van der Waals surface area contributed by atoms with Gasteiger partial charge in [-0.2, -0.15) is 0 Å². The summed E-state index contributed by atoms with van der Waals surface area (Å²) in [6.45, 7) is 2.13. The number of fused-ring (bicyclic) bond motifs is 1. The molecule has 0 aromatic rings. The van der Waals surface area contributed by atoms with Crippen LogP contribution in [0.15, 0.2) is 23.8 Å². The van der Waals surface area contributed by atoms with Crippen LogP contribution in [0.25, 0.3) is 0 Å². The van der Waals surface area contributed by atoms with Crippen molar-refractivity contribution >= 4 is 5.91 Å². The van der Waals surface area contributed by atoms with Crippen molar-refractivity contribution in [2.24, 2.45) is 17.8 Å². The maximum absolute atomic E-state index is 11.6. The number of unbranched alkanes of at least 4 members (excludes halogenated alkanes) is 2. The Bertz CT molecular complexity index is 512. The summed E-state index contributed by atoms with van der Waals surface area (Å²) >= 11 is 0. The molecule has 2 aliphatic carbocycles. The van der Waals surface area contributed by atoms with E-state index in [1.807, 2.05) is 6.08 Å². The number of aliphatic hydroxyl groups is 2. The lowest BCUT2D eigenvalue weighted by Crippen LogP contribution is -2.21. The van der Waals surface area contributed by atoms with Crippen molar-refractivity contribution < 1.29 is 15.0 Å². The molecule has 2 aliphatic rings. The number of hydrogen-bond donors (Lipinski definition) is 2. The summed E-state index contributed by atoms with van der Waals surface area (Å²) in [5.74, 6) is 1.33. The molecule has 1 fully saturated rings. The molecule has 0 aliphatic heterocycles. The first-order valence-electron chi connectivity index (χ1n) is 10.4. The van der Waals surface area contributed by atoms with Crippen molar-refractivity contribution in [3.05, 3.63) is 23.8 Å². The molecular formula is C22H37NO3. The fourth-order valence-corrected chi connectivity index (χ4v) is 4.41. The summed E-state index contributed by atoms with van der Waals surface area (Å²) in [6, 6.07) is 0. The third kappa shape index (κ3) is 5.95. The first-order chi connectivity index (χ1) is 12.4. The summed E-state index contributed by atoms with van der Waals surface area (Å²) in [4.78, 5) is 13.3. The number of aliphatic hydroxyl groups excluding tert-OH is 2. The van der Waals surface area contributed by atoms with Gasteiger partial charge in [-0.25, -0.2) is 0 Å². The number of carbonyl (C=O) groups excluding carboxylic acids is 1. The maximum Gasteiger partial charge on any atom is 0.222 e. The average molecular weight is 364 g/mol. The monoisotopic (exact) mass is 363 g/mol. The molecule has 0 spiro atoms. The molecular weight excluding hydrogens is 326 g/mol. The van der Waals surface area contributed by atoms with Gasteiger partial charge in [0.2, 0.25) is 5.91 Å². The van der Waals surface area contributed by atoms with Gasteiger partial charge in [-0.15, -0.1) is 0 Å². The van der Waals surface area contributed by atoms with Crippen LogP contribution in [-0.2, 0) is 4.79 Å². The van der Waals surface area contributed by atoms with Crippen molar-refractivity contribution in [3.63, 3.8) is 0 Å². The van der Waals surface area contributed by atoms with E-state index in [9.17, 15) is 15.0 Å². The first-order valence-corrected chi connectivity index (χ1v) is 10.4. The Morgan fingerprint density at radius 2 is 2.12 bits per heavy atom. The van der Waals surface area contributed by atoms with E-state index in [-0.39, 0.29) is 24.0 Å². The van der Waals surface area contributed by atoms with Gasteiger partial charge in [-0.1, -0.05) is 43.6 Å². The van der Waals surface area contributed by atoms with Crippen molar-refractivity contribution in [1.82, 2.24) is 4.90 Å². The van der Waals surface area contributed by atoms with Crippen LogP contribution >= 0.6 is 0 Å². The molecule has 0 heterocycles. The normalized spacial score (nSPS) is 29.0. The van der Waals surface area contributed by atoms with Crippen LogP contribution < -0.4 is 0 Å². The van der Waals surface area contributed by atoms with Gasteiger partial charge in [0.25, 0.3) is 0 Å². The van der Waals surface area contributed by atoms with Gasteiger partial charge >= 0.3 is 0 Å². The molecule has 1 amide bonds. The molecule has 0 unspecified atom stereocenters. The minimum absolute atomic E-state index is 0.167. The molecule has 2 rings (SSSR count). The van der Waals surface area contributed by atoms with Gasteiger partial charge in [-0.05, 0) is 50.4 Å². The first kappa shape index (κ1) is 21.2. The van der Waals surface area contributed by atoms with Gasteiger partial charge in [-0.3, -0.25) is 4.79 Å². The third-order valence-corrected chi connectivity index (χ3v) is 6.00. The molecule has 0 bridgehead atoms. The molecule has 1 saturated carbocycles. The highest BCUT2D eigenvalue weighted by Crippen LogP contribution is 2.48. The minimum Gasteiger partial charge on any atom is -0.392 e. The fourth-order valence-electron chi connectivity index (χ4n) is 4.41. The third-order valence-electron chi connectivity index (χ3n) is 6.00. The predicted molar refractivity (Wildman–Crippen MR) is 106 cm³/mol. The number of allylic oxidation sites excluding steroid dienone is 2. The van der Waals surface area contributed by atoms with Crippen LogP contribution in [0, 0.1) is 17.8 Å². The zero-order chi connectivity index (χ0) is 19.1. The van der Waals surface area contributed by atoms with Crippen molar-refractivity contribution in [2.45, 2.75) is 76.9 Å². The Balaban J connectivity index is 1.77. The van der Waals surface area contributed by atoms with E-state index < -0.39 is 0 Å². The summed E-state index contributed by atoms with van der Waals surface area (Å²) in [7, 11) is 3.61. The van der Waals surface area contributed by atoms with Gasteiger partial charge in [0.05, 0.1) is 12.2 Å². The number of hydrogen-bond acceptors (Lipinski definition) is 3. The van der Waals surface area contributed by atoms with Gasteiger partial charge in [0.1, 0.15) is 0 Å². The Hall–Kier alpha value is -1.13. The van der Waals surface area contributed by atoms with Crippen LogP contribution in [0.4, 0.5) is 0 Å². The van der Waals surface area contributed by atoms with Gasteiger partial charge in [0.15, 0.2) is 0 Å². The van der Waals surface area contributed by atoms with E-state index >= 15 is 0 Å². The highest BCUT2D eigenvalue weighted by Gasteiger charge is 2.43. The topological polar surface area (TPSA) is 60.8 Å². The second kappa shape index (κ2) is 10.3. The summed E-state index contributed by atoms with van der Waals surface area (Å²) in [5, 5.41) is 20.4. The van der Waals surface area contributed by atoms with Crippen molar-refractivity contribution in [3.8, 4) is 0 Å². The molecule has 4 nitrogen and oxygen atoms in total. The van der Waals surface area contributed by atoms with E-state index in [1.165, 1.54) is 5.57 Å². The van der Waals surface area contributed by atoms with Crippen molar-refractivity contribution in [1.29, 1.82) is 0 Å². The quantitative estimate of drug-likeness (QED) is 0.460. The van der Waals surface area contributed by atoms with Crippen LogP contribution in [0.5, 0.6) is 0 Å². The lowest BCUT2D eigenvalue weighted by atomic mass is 9.88. The summed E-state index contributed by atoms with van der Waals surface area (Å²) in [5.41, 5.74) is 1.49. The summed E-state index contributed by atoms with van der Waals surface area (Å²) < 4.78 is 0. The molecule has 5 atom stereocenters. The highest BCUT2D eigenvalue weighted by molar-refractivity contribution is 5.75. The molecule has 148 valence electrons. The second-order valence-electron chi connectivity index (χ2n) is 8.33. The Morgan fingerprint density at radius 1 is 1.35 bits per heavy atom. The van der Waals surface area contributed by atoms with E-state index in [4.69, 9.17) is 0 Å². The van der Waals surface area contributed by atoms with E-state index in [0.29, 0.717) is 18.3 Å². The highest BCUT2D eigenvalue weighted by atomic mass is 16.3. The standard InChI is InChI=1S/C22H37NO3/c1-4-5-9-18(24)11-12-19-20-14-16(13-17(20)15-21(19)25)8-6-7-10-22(26)23(2)3/h11-13,17-21,24-25H,4-10,14-15H2,1-3H3/t17-,18-,19+,20-,21+/m0/s1. The van der Waals surface area contributed by atoms with Gasteiger partial charge in [0, 0.05) is 26.4 Å².